The summed E-state index contributed by atoms with van der Waals surface area (Å²) < 4.78 is 33.0. The summed E-state index contributed by atoms with van der Waals surface area (Å²) >= 11 is -2.17. The quantitative estimate of drug-likeness (QED) is 0.305. The van der Waals surface area contributed by atoms with Gasteiger partial charge in [0.05, 0.1) is 34.0 Å². The Morgan fingerprint density at radius 3 is 2.59 bits per heavy atom. The van der Waals surface area contributed by atoms with Crippen LogP contribution in [0.15, 0.2) is 60.8 Å². The van der Waals surface area contributed by atoms with Gasteiger partial charge in [-0.25, -0.2) is 4.68 Å². The van der Waals surface area contributed by atoms with Crippen molar-refractivity contribution in [2.75, 3.05) is 13.2 Å². The molecule has 4 heterocycles. The molecular formula is C28H28N5O3S-. The standard InChI is InChI=1S/C28H29N5O3S/c1-18-27(32(2)31-30-18)22-15-25-26(29-16-22)23-9-8-19(17-37(34)35)14-24(23)33(25)28(20-6-4-3-5-7-20)21-10-12-36-13-11-21/h3-9,14-16,21,28H,10-13,17H2,1-2H3,(H,34,35)/p-1/t28-/m1/s1. The number of fused-ring (bicyclic) bond motifs is 3. The van der Waals surface area contributed by atoms with Gasteiger partial charge >= 0.3 is 0 Å². The van der Waals surface area contributed by atoms with Gasteiger partial charge in [-0.3, -0.25) is 9.19 Å². The van der Waals surface area contributed by atoms with Gasteiger partial charge in [-0.05, 0) is 48.9 Å². The summed E-state index contributed by atoms with van der Waals surface area (Å²) in [5.74, 6) is 0.333. The third-order valence-electron chi connectivity index (χ3n) is 7.39. The van der Waals surface area contributed by atoms with Crippen molar-refractivity contribution in [1.82, 2.24) is 24.5 Å². The van der Waals surface area contributed by atoms with E-state index in [4.69, 9.17) is 9.72 Å². The molecule has 1 aliphatic rings. The van der Waals surface area contributed by atoms with Crippen molar-refractivity contribution in [3.63, 3.8) is 0 Å². The number of aromatic nitrogens is 5. The zero-order valence-electron chi connectivity index (χ0n) is 20.8. The van der Waals surface area contributed by atoms with Crippen LogP contribution in [0.3, 0.4) is 0 Å². The van der Waals surface area contributed by atoms with E-state index in [9.17, 15) is 8.76 Å². The minimum atomic E-state index is -2.17. The Kier molecular flexibility index (Phi) is 6.36. The normalized spacial score (nSPS) is 16.4. The fraction of sp³-hybridized carbons (Fsp3) is 0.321. The molecule has 1 fully saturated rings. The first-order chi connectivity index (χ1) is 18.0. The van der Waals surface area contributed by atoms with E-state index in [2.05, 4.69) is 45.2 Å². The molecule has 0 amide bonds. The topological polar surface area (TPSA) is 97.9 Å². The molecule has 3 aromatic heterocycles. The predicted molar refractivity (Wildman–Crippen MR) is 143 cm³/mol. The van der Waals surface area contributed by atoms with Crippen molar-refractivity contribution in [2.24, 2.45) is 13.0 Å². The fourth-order valence-corrected chi connectivity index (χ4v) is 6.23. The van der Waals surface area contributed by atoms with Crippen molar-refractivity contribution in [2.45, 2.75) is 31.6 Å². The largest absolute Gasteiger partial charge is 0.772 e. The third kappa shape index (κ3) is 4.37. The van der Waals surface area contributed by atoms with E-state index < -0.39 is 11.1 Å². The molecule has 190 valence electrons. The highest BCUT2D eigenvalue weighted by Crippen LogP contribution is 2.41. The Morgan fingerprint density at radius 2 is 1.89 bits per heavy atom. The van der Waals surface area contributed by atoms with Crippen LogP contribution in [0.5, 0.6) is 0 Å². The monoisotopic (exact) mass is 514 g/mol. The van der Waals surface area contributed by atoms with E-state index in [0.29, 0.717) is 5.92 Å². The maximum atomic E-state index is 11.6. The van der Waals surface area contributed by atoms with Crippen LogP contribution in [0.4, 0.5) is 0 Å². The van der Waals surface area contributed by atoms with Crippen molar-refractivity contribution >= 4 is 33.0 Å². The van der Waals surface area contributed by atoms with Crippen LogP contribution >= 0.6 is 0 Å². The number of rotatable bonds is 6. The lowest BCUT2D eigenvalue weighted by Crippen LogP contribution is -2.26. The first kappa shape index (κ1) is 24.0. The van der Waals surface area contributed by atoms with E-state index in [1.165, 1.54) is 5.56 Å². The van der Waals surface area contributed by atoms with Crippen LogP contribution in [-0.2, 0) is 28.6 Å². The van der Waals surface area contributed by atoms with Gasteiger partial charge in [0.1, 0.15) is 0 Å². The number of nitrogens with zero attached hydrogens (tertiary/aromatic N) is 5. The van der Waals surface area contributed by atoms with Crippen molar-refractivity contribution < 1.29 is 13.5 Å². The highest BCUT2D eigenvalue weighted by atomic mass is 32.2. The van der Waals surface area contributed by atoms with E-state index >= 15 is 0 Å². The molecule has 0 spiro atoms. The smallest absolute Gasteiger partial charge is 0.0960 e. The lowest BCUT2D eigenvalue weighted by molar-refractivity contribution is 0.0553. The number of ether oxygens (including phenoxy) is 1. The first-order valence-electron chi connectivity index (χ1n) is 12.5. The Labute approximate surface area is 217 Å². The maximum Gasteiger partial charge on any atom is 0.0960 e. The zero-order valence-corrected chi connectivity index (χ0v) is 21.6. The molecule has 0 bridgehead atoms. The van der Waals surface area contributed by atoms with Gasteiger partial charge in [-0.15, -0.1) is 5.10 Å². The second-order valence-electron chi connectivity index (χ2n) is 9.71. The van der Waals surface area contributed by atoms with E-state index in [0.717, 1.165) is 70.5 Å². The van der Waals surface area contributed by atoms with Crippen molar-refractivity contribution in [3.05, 3.63) is 77.6 Å². The molecular weight excluding hydrogens is 486 g/mol. The summed E-state index contributed by atoms with van der Waals surface area (Å²) in [5, 5.41) is 9.44. The highest BCUT2D eigenvalue weighted by Gasteiger charge is 2.30. The summed E-state index contributed by atoms with van der Waals surface area (Å²) in [6.07, 6.45) is 3.77. The van der Waals surface area contributed by atoms with E-state index in [1.54, 1.807) is 4.68 Å². The lowest BCUT2D eigenvalue weighted by atomic mass is 9.86. The van der Waals surface area contributed by atoms with Crippen LogP contribution in [0.1, 0.15) is 35.7 Å². The number of hydrogen-bond donors (Lipinski definition) is 0. The molecule has 9 heteroatoms. The number of pyridine rings is 1. The maximum absolute atomic E-state index is 11.6. The third-order valence-corrected chi connectivity index (χ3v) is 7.96. The van der Waals surface area contributed by atoms with Crippen LogP contribution in [0.25, 0.3) is 33.2 Å². The Balaban J connectivity index is 1.67. The summed E-state index contributed by atoms with van der Waals surface area (Å²) in [6, 6.07) is 18.7. The van der Waals surface area contributed by atoms with Crippen LogP contribution in [0.2, 0.25) is 0 Å². The molecule has 0 N–H and O–H groups in total. The molecule has 8 nitrogen and oxygen atoms in total. The molecule has 0 radical (unpaired) electrons. The molecule has 0 aliphatic carbocycles. The first-order valence-corrected chi connectivity index (χ1v) is 13.7. The summed E-state index contributed by atoms with van der Waals surface area (Å²) in [5.41, 5.74) is 7.59. The Morgan fingerprint density at radius 1 is 1.11 bits per heavy atom. The predicted octanol–water partition coefficient (Wildman–Crippen LogP) is 4.69. The average Bonchev–Trinajstić information content (AvgIpc) is 3.41. The fourth-order valence-electron chi connectivity index (χ4n) is 5.78. The second kappa shape index (κ2) is 9.81. The molecule has 37 heavy (non-hydrogen) atoms. The lowest BCUT2D eigenvalue weighted by Gasteiger charge is -2.33. The number of hydrogen-bond acceptors (Lipinski definition) is 6. The van der Waals surface area contributed by atoms with Crippen LogP contribution < -0.4 is 0 Å². The summed E-state index contributed by atoms with van der Waals surface area (Å²) in [7, 11) is 1.89. The van der Waals surface area contributed by atoms with Gasteiger partial charge < -0.3 is 13.9 Å². The average molecular weight is 515 g/mol. The van der Waals surface area contributed by atoms with Crippen LogP contribution in [-0.4, -0.2) is 46.5 Å². The Hall–Kier alpha value is -3.40. The molecule has 2 atom stereocenters. The van der Waals surface area contributed by atoms with Crippen LogP contribution in [0, 0.1) is 12.8 Å². The Bertz CT molecular complexity index is 1590. The summed E-state index contributed by atoms with van der Waals surface area (Å²) in [6.45, 7) is 3.41. The van der Waals surface area contributed by atoms with E-state index in [-0.39, 0.29) is 11.8 Å². The minimum absolute atomic E-state index is 0.0245. The van der Waals surface area contributed by atoms with Gasteiger partial charge in [0.15, 0.2) is 0 Å². The van der Waals surface area contributed by atoms with Gasteiger partial charge in [-0.2, -0.15) is 0 Å². The molecule has 1 aliphatic heterocycles. The number of aryl methyl sites for hydroxylation is 2. The van der Waals surface area contributed by atoms with Crippen molar-refractivity contribution in [1.29, 1.82) is 0 Å². The molecule has 2 aromatic carbocycles. The summed E-state index contributed by atoms with van der Waals surface area (Å²) in [4.78, 5) is 4.94. The molecule has 6 rings (SSSR count). The molecule has 1 unspecified atom stereocenters. The van der Waals surface area contributed by atoms with Gasteiger partial charge in [0.25, 0.3) is 0 Å². The molecule has 1 saturated heterocycles. The minimum Gasteiger partial charge on any atom is -0.772 e. The second-order valence-corrected chi connectivity index (χ2v) is 10.6. The zero-order chi connectivity index (χ0) is 25.5. The number of benzene rings is 2. The van der Waals surface area contributed by atoms with Gasteiger partial charge in [0, 0.05) is 43.2 Å². The SMILES string of the molecule is Cc1nnn(C)c1-c1cnc2c3ccc(CS(=O)[O-])cc3n([C@H](c3ccccc3)C3CCOCC3)c2c1. The van der Waals surface area contributed by atoms with Gasteiger partial charge in [-0.1, -0.05) is 58.8 Å². The molecule has 0 saturated carbocycles. The van der Waals surface area contributed by atoms with E-state index in [1.807, 2.05) is 44.4 Å². The van der Waals surface area contributed by atoms with Gasteiger partial charge in [0.2, 0.25) is 0 Å². The highest BCUT2D eigenvalue weighted by molar-refractivity contribution is 7.78. The molecule has 5 aromatic rings. The van der Waals surface area contributed by atoms with Crippen molar-refractivity contribution in [3.8, 4) is 11.3 Å².